The van der Waals surface area contributed by atoms with Crippen LogP contribution in [0.3, 0.4) is 0 Å². The monoisotopic (exact) mass is 419 g/mol. The number of likely N-dealkylation sites (N-methyl/N-ethyl adjacent to an activating group) is 1. The van der Waals surface area contributed by atoms with Crippen LogP contribution in [0.1, 0.15) is 18.1 Å². The smallest absolute Gasteiger partial charge is 0.414 e. The van der Waals surface area contributed by atoms with Gasteiger partial charge in [0.2, 0.25) is 5.95 Å². The number of fused-ring (bicyclic) bond motifs is 2. The number of amides is 1. The lowest BCUT2D eigenvalue weighted by Gasteiger charge is -2.26. The molecule has 8 nitrogen and oxygen atoms in total. The number of carbonyl (C=O) groups is 1. The molecule has 0 unspecified atom stereocenters. The van der Waals surface area contributed by atoms with E-state index in [1.165, 1.54) is 11.1 Å². The standard InChI is InChI=1S/C23H25N5O3/c1-14-13-31-23(29)28(14)18-5-4-16-11-24-22(25-19(16)10-18)26-20-8-17-12-27(2)7-6-15(17)9-21(20)30-3/h4-5,8-11,14H,6-7,12-13H2,1-3H3,(H,24,25,26)/t14-/m0/s1. The van der Waals surface area contributed by atoms with Crippen molar-refractivity contribution in [2.24, 2.45) is 0 Å². The van der Waals surface area contributed by atoms with E-state index in [-0.39, 0.29) is 12.1 Å². The summed E-state index contributed by atoms with van der Waals surface area (Å²) in [5.74, 6) is 1.25. The van der Waals surface area contributed by atoms with Crippen LogP contribution in [0.5, 0.6) is 5.75 Å². The fourth-order valence-electron chi connectivity index (χ4n) is 4.21. The molecule has 160 valence electrons. The van der Waals surface area contributed by atoms with Crippen LogP contribution < -0.4 is 15.0 Å². The summed E-state index contributed by atoms with van der Waals surface area (Å²) in [6.45, 7) is 4.30. The first-order chi connectivity index (χ1) is 15.0. The molecule has 1 aromatic heterocycles. The molecule has 3 aromatic rings. The number of ether oxygens (including phenoxy) is 2. The normalized spacial score (nSPS) is 18.7. The maximum Gasteiger partial charge on any atom is 0.414 e. The lowest BCUT2D eigenvalue weighted by molar-refractivity contribution is 0.179. The van der Waals surface area contributed by atoms with Gasteiger partial charge >= 0.3 is 6.09 Å². The van der Waals surface area contributed by atoms with Gasteiger partial charge in [0, 0.05) is 30.4 Å². The fourth-order valence-corrected chi connectivity index (χ4v) is 4.21. The number of benzene rings is 2. The third-order valence-electron chi connectivity index (χ3n) is 5.90. The summed E-state index contributed by atoms with van der Waals surface area (Å²) in [7, 11) is 3.80. The van der Waals surface area contributed by atoms with Crippen LogP contribution in [-0.2, 0) is 17.7 Å². The highest BCUT2D eigenvalue weighted by Gasteiger charge is 2.31. The van der Waals surface area contributed by atoms with E-state index in [1.54, 1.807) is 18.2 Å². The largest absolute Gasteiger partial charge is 0.495 e. The molecule has 0 spiro atoms. The van der Waals surface area contributed by atoms with Gasteiger partial charge in [-0.2, -0.15) is 0 Å². The molecule has 3 heterocycles. The number of nitrogens with one attached hydrogen (secondary N) is 1. The number of cyclic esters (lactones) is 1. The number of aromatic nitrogens is 2. The van der Waals surface area contributed by atoms with Gasteiger partial charge in [-0.15, -0.1) is 0 Å². The second-order valence-corrected chi connectivity index (χ2v) is 8.17. The Morgan fingerprint density at radius 2 is 2.10 bits per heavy atom. The van der Waals surface area contributed by atoms with Crippen molar-refractivity contribution in [1.82, 2.24) is 14.9 Å². The molecule has 1 saturated heterocycles. The molecule has 0 bridgehead atoms. The Hall–Kier alpha value is -3.39. The lowest BCUT2D eigenvalue weighted by atomic mass is 9.99. The number of rotatable bonds is 4. The summed E-state index contributed by atoms with van der Waals surface area (Å²) in [6, 6.07) is 9.92. The van der Waals surface area contributed by atoms with E-state index < -0.39 is 0 Å². The average molecular weight is 419 g/mol. The van der Waals surface area contributed by atoms with E-state index in [2.05, 4.69) is 39.4 Å². The number of hydrogen-bond donors (Lipinski definition) is 1. The Balaban J connectivity index is 1.48. The summed E-state index contributed by atoms with van der Waals surface area (Å²) >= 11 is 0. The summed E-state index contributed by atoms with van der Waals surface area (Å²) in [5.41, 5.74) is 4.95. The van der Waals surface area contributed by atoms with Crippen LogP contribution in [0.2, 0.25) is 0 Å². The van der Waals surface area contributed by atoms with E-state index in [1.807, 2.05) is 25.1 Å². The SMILES string of the molecule is COc1cc2c(cc1Nc1ncc3ccc(N4C(=O)OC[C@@H]4C)cc3n1)CN(C)CC2. The predicted molar refractivity (Wildman–Crippen MR) is 119 cm³/mol. The first-order valence-electron chi connectivity index (χ1n) is 10.4. The topological polar surface area (TPSA) is 79.8 Å². The van der Waals surface area contributed by atoms with Crippen molar-refractivity contribution < 1.29 is 14.3 Å². The van der Waals surface area contributed by atoms with Crippen molar-refractivity contribution in [3.63, 3.8) is 0 Å². The Kier molecular flexibility index (Phi) is 4.86. The van der Waals surface area contributed by atoms with Crippen molar-refractivity contribution >= 4 is 34.3 Å². The van der Waals surface area contributed by atoms with Crippen LogP contribution in [-0.4, -0.2) is 54.3 Å². The summed E-state index contributed by atoms with van der Waals surface area (Å²) < 4.78 is 10.8. The minimum atomic E-state index is -0.331. The van der Waals surface area contributed by atoms with Gasteiger partial charge in [-0.3, -0.25) is 4.90 Å². The Bertz CT molecular complexity index is 1170. The highest BCUT2D eigenvalue weighted by molar-refractivity contribution is 5.93. The molecular formula is C23H25N5O3. The van der Waals surface area contributed by atoms with Gasteiger partial charge in [-0.1, -0.05) is 0 Å². The molecule has 1 amide bonds. The van der Waals surface area contributed by atoms with E-state index in [4.69, 9.17) is 9.47 Å². The number of carbonyl (C=O) groups excluding carboxylic acids is 1. The van der Waals surface area contributed by atoms with E-state index in [0.29, 0.717) is 12.6 Å². The molecular weight excluding hydrogens is 394 g/mol. The van der Waals surface area contributed by atoms with Crippen molar-refractivity contribution in [3.05, 3.63) is 47.7 Å². The first kappa shape index (κ1) is 19.6. The van der Waals surface area contributed by atoms with Gasteiger partial charge in [0.1, 0.15) is 12.4 Å². The molecule has 1 N–H and O–H groups in total. The van der Waals surface area contributed by atoms with Crippen LogP contribution in [0.15, 0.2) is 36.5 Å². The molecule has 1 atom stereocenters. The van der Waals surface area contributed by atoms with Crippen LogP contribution in [0.25, 0.3) is 10.9 Å². The van der Waals surface area contributed by atoms with Gasteiger partial charge in [0.05, 0.1) is 24.4 Å². The van der Waals surface area contributed by atoms with Gasteiger partial charge in [0.15, 0.2) is 0 Å². The average Bonchev–Trinajstić information content (AvgIpc) is 3.10. The molecule has 8 heteroatoms. The zero-order chi connectivity index (χ0) is 21.5. The number of hydrogen-bond acceptors (Lipinski definition) is 7. The van der Waals surface area contributed by atoms with Crippen molar-refractivity contribution in [2.45, 2.75) is 25.9 Å². The molecule has 31 heavy (non-hydrogen) atoms. The zero-order valence-corrected chi connectivity index (χ0v) is 17.9. The summed E-state index contributed by atoms with van der Waals surface area (Å²) in [4.78, 5) is 25.2. The second-order valence-electron chi connectivity index (χ2n) is 8.17. The maximum atomic E-state index is 12.1. The molecule has 0 aliphatic carbocycles. The summed E-state index contributed by atoms with van der Waals surface area (Å²) in [5, 5.41) is 4.21. The Morgan fingerprint density at radius 1 is 1.23 bits per heavy atom. The summed E-state index contributed by atoms with van der Waals surface area (Å²) in [6.07, 6.45) is 2.46. The van der Waals surface area contributed by atoms with Gasteiger partial charge in [-0.05, 0) is 61.9 Å². The number of nitrogens with zero attached hydrogens (tertiary/aromatic N) is 4. The van der Waals surface area contributed by atoms with Gasteiger partial charge in [0.25, 0.3) is 0 Å². The minimum absolute atomic E-state index is 0.0118. The Labute approximate surface area is 180 Å². The number of methoxy groups -OCH3 is 1. The van der Waals surface area contributed by atoms with Crippen molar-refractivity contribution in [3.8, 4) is 5.75 Å². The predicted octanol–water partition coefficient (Wildman–Crippen LogP) is 3.72. The fraction of sp³-hybridized carbons (Fsp3) is 0.348. The van der Waals surface area contributed by atoms with Crippen molar-refractivity contribution in [1.29, 1.82) is 0 Å². The molecule has 0 saturated carbocycles. The minimum Gasteiger partial charge on any atom is -0.495 e. The quantitative estimate of drug-likeness (QED) is 0.690. The molecule has 0 radical (unpaired) electrons. The highest BCUT2D eigenvalue weighted by atomic mass is 16.6. The molecule has 2 aliphatic heterocycles. The maximum absolute atomic E-state index is 12.1. The van der Waals surface area contributed by atoms with E-state index in [0.717, 1.165) is 47.5 Å². The molecule has 1 fully saturated rings. The van der Waals surface area contributed by atoms with Gasteiger partial charge < -0.3 is 19.7 Å². The third-order valence-corrected chi connectivity index (χ3v) is 5.90. The first-order valence-corrected chi connectivity index (χ1v) is 10.4. The van der Waals surface area contributed by atoms with Crippen LogP contribution in [0, 0.1) is 0 Å². The number of anilines is 3. The van der Waals surface area contributed by atoms with E-state index >= 15 is 0 Å². The zero-order valence-electron chi connectivity index (χ0n) is 17.9. The van der Waals surface area contributed by atoms with E-state index in [9.17, 15) is 4.79 Å². The van der Waals surface area contributed by atoms with Crippen LogP contribution >= 0.6 is 0 Å². The Morgan fingerprint density at radius 3 is 2.87 bits per heavy atom. The molecule has 2 aromatic carbocycles. The van der Waals surface area contributed by atoms with Crippen LogP contribution in [0.4, 0.5) is 22.1 Å². The third kappa shape index (κ3) is 3.63. The lowest BCUT2D eigenvalue weighted by Crippen LogP contribution is -2.30. The molecule has 2 aliphatic rings. The second kappa shape index (κ2) is 7.70. The molecule has 5 rings (SSSR count). The van der Waals surface area contributed by atoms with Gasteiger partial charge in [-0.25, -0.2) is 14.8 Å². The van der Waals surface area contributed by atoms with Crippen molar-refractivity contribution in [2.75, 3.05) is 37.5 Å². The highest BCUT2D eigenvalue weighted by Crippen LogP contribution is 2.33.